The van der Waals surface area contributed by atoms with Crippen LogP contribution in [0.25, 0.3) is 0 Å². The molecule has 0 amide bonds. The van der Waals surface area contributed by atoms with Crippen molar-refractivity contribution in [1.29, 1.82) is 0 Å². The third-order valence-corrected chi connectivity index (χ3v) is 2.87. The Hall–Kier alpha value is -1.95. The number of aromatic nitrogens is 1. The molecule has 0 unspecified atom stereocenters. The van der Waals surface area contributed by atoms with E-state index >= 15 is 0 Å². The fraction of sp³-hybridized carbons (Fsp3) is 0.154. The summed E-state index contributed by atoms with van der Waals surface area (Å²) in [7, 11) is 0. The van der Waals surface area contributed by atoms with Gasteiger partial charge in [0.15, 0.2) is 0 Å². The van der Waals surface area contributed by atoms with E-state index in [1.165, 1.54) is 0 Å². The van der Waals surface area contributed by atoms with Crippen molar-refractivity contribution in [3.05, 3.63) is 52.8 Å². The lowest BCUT2D eigenvalue weighted by Crippen LogP contribution is -2.10. The van der Waals surface area contributed by atoms with Crippen LogP contribution < -0.4 is 11.1 Å². The van der Waals surface area contributed by atoms with Gasteiger partial charge in [0.25, 0.3) is 0 Å². The van der Waals surface area contributed by atoms with Crippen LogP contribution >= 0.6 is 11.6 Å². The maximum atomic E-state index is 12.6. The predicted octanol–water partition coefficient (Wildman–Crippen LogP) is 3.95. The Kier molecular flexibility index (Phi) is 4.04. The van der Waals surface area contributed by atoms with Crippen LogP contribution in [0.15, 0.2) is 36.5 Å². The van der Waals surface area contributed by atoms with Gasteiger partial charge in [-0.15, -0.1) is 0 Å². The fourth-order valence-corrected chi connectivity index (χ4v) is 1.70. The van der Waals surface area contributed by atoms with E-state index in [2.05, 4.69) is 10.3 Å². The average molecular weight is 302 g/mol. The van der Waals surface area contributed by atoms with Gasteiger partial charge in [0.1, 0.15) is 5.69 Å². The van der Waals surface area contributed by atoms with Crippen molar-refractivity contribution in [3.63, 3.8) is 0 Å². The average Bonchev–Trinajstić information content (AvgIpc) is 2.38. The summed E-state index contributed by atoms with van der Waals surface area (Å²) >= 11 is 5.75. The number of nitrogens with one attached hydrogen (secondary N) is 1. The Labute approximate surface area is 118 Å². The molecule has 2 rings (SSSR count). The summed E-state index contributed by atoms with van der Waals surface area (Å²) in [6.45, 7) is 0.336. The summed E-state index contributed by atoms with van der Waals surface area (Å²) in [5.74, 6) is 0. The van der Waals surface area contributed by atoms with E-state index in [0.717, 1.165) is 17.8 Å². The summed E-state index contributed by atoms with van der Waals surface area (Å²) < 4.78 is 37.7. The molecule has 0 aliphatic heterocycles. The van der Waals surface area contributed by atoms with Crippen molar-refractivity contribution >= 4 is 23.0 Å². The number of alkyl halides is 3. The standard InChI is InChI=1S/C13H11ClF3N3/c14-9-3-1-8(2-4-9)6-19-11-5-12(13(15,16)17)20-7-10(11)18/h1-5,7H,6,18H2,(H,19,20). The van der Waals surface area contributed by atoms with Gasteiger partial charge in [0.05, 0.1) is 17.6 Å². The van der Waals surface area contributed by atoms with E-state index in [4.69, 9.17) is 17.3 Å². The van der Waals surface area contributed by atoms with Gasteiger partial charge in [-0.3, -0.25) is 0 Å². The molecule has 0 radical (unpaired) electrons. The highest BCUT2D eigenvalue weighted by atomic mass is 35.5. The lowest BCUT2D eigenvalue weighted by molar-refractivity contribution is -0.141. The van der Waals surface area contributed by atoms with E-state index in [0.29, 0.717) is 11.6 Å². The molecule has 1 heterocycles. The highest BCUT2D eigenvalue weighted by Gasteiger charge is 2.32. The molecule has 0 saturated carbocycles. The molecule has 106 valence electrons. The van der Waals surface area contributed by atoms with Crippen LogP contribution in [-0.4, -0.2) is 4.98 Å². The third kappa shape index (κ3) is 3.54. The second kappa shape index (κ2) is 5.58. The molecule has 3 N–H and O–H groups in total. The first-order valence-corrected chi connectivity index (χ1v) is 6.05. The second-order valence-electron chi connectivity index (χ2n) is 4.13. The molecule has 1 aromatic carbocycles. The van der Waals surface area contributed by atoms with Crippen LogP contribution in [-0.2, 0) is 12.7 Å². The maximum Gasteiger partial charge on any atom is 0.433 e. The summed E-state index contributed by atoms with van der Waals surface area (Å²) in [6.07, 6.45) is -3.50. The number of nitrogen functional groups attached to an aromatic ring is 1. The van der Waals surface area contributed by atoms with Gasteiger partial charge >= 0.3 is 6.18 Å². The van der Waals surface area contributed by atoms with Gasteiger partial charge in [-0.25, -0.2) is 4.98 Å². The summed E-state index contributed by atoms with van der Waals surface area (Å²) in [4.78, 5) is 3.27. The predicted molar refractivity (Wildman–Crippen MR) is 72.4 cm³/mol. The van der Waals surface area contributed by atoms with Crippen LogP contribution in [0.1, 0.15) is 11.3 Å². The van der Waals surface area contributed by atoms with Crippen molar-refractivity contribution in [2.75, 3.05) is 11.1 Å². The number of rotatable bonds is 3. The van der Waals surface area contributed by atoms with Crippen LogP contribution in [0.4, 0.5) is 24.5 Å². The molecule has 20 heavy (non-hydrogen) atoms. The number of benzene rings is 1. The van der Waals surface area contributed by atoms with Crippen LogP contribution in [0.2, 0.25) is 5.02 Å². The number of nitrogens with two attached hydrogens (primary N) is 1. The Balaban J connectivity index is 2.14. The van der Waals surface area contributed by atoms with Crippen molar-refractivity contribution in [2.24, 2.45) is 0 Å². The number of anilines is 2. The van der Waals surface area contributed by atoms with Gasteiger partial charge in [-0.2, -0.15) is 13.2 Å². The zero-order valence-electron chi connectivity index (χ0n) is 10.2. The van der Waals surface area contributed by atoms with Crippen molar-refractivity contribution < 1.29 is 13.2 Å². The Bertz CT molecular complexity index is 597. The molecule has 0 aliphatic rings. The summed E-state index contributed by atoms with van der Waals surface area (Å²) in [6, 6.07) is 7.85. The SMILES string of the molecule is Nc1cnc(C(F)(F)F)cc1NCc1ccc(Cl)cc1. The van der Waals surface area contributed by atoms with Gasteiger partial charge in [0, 0.05) is 11.6 Å². The molecule has 0 bridgehead atoms. The molecule has 0 atom stereocenters. The first kappa shape index (κ1) is 14.5. The minimum atomic E-state index is -4.50. The highest BCUT2D eigenvalue weighted by Crippen LogP contribution is 2.31. The number of pyridine rings is 1. The first-order valence-electron chi connectivity index (χ1n) is 5.67. The molecule has 0 aliphatic carbocycles. The second-order valence-corrected chi connectivity index (χ2v) is 4.57. The Morgan fingerprint density at radius 1 is 1.20 bits per heavy atom. The largest absolute Gasteiger partial charge is 0.433 e. The molecule has 7 heteroatoms. The zero-order chi connectivity index (χ0) is 14.8. The van der Waals surface area contributed by atoms with Crippen molar-refractivity contribution in [3.8, 4) is 0 Å². The zero-order valence-corrected chi connectivity index (χ0v) is 11.0. The normalized spacial score (nSPS) is 11.4. The number of hydrogen-bond donors (Lipinski definition) is 2. The molecule has 0 fully saturated rings. The first-order chi connectivity index (χ1) is 9.36. The summed E-state index contributed by atoms with van der Waals surface area (Å²) in [5, 5.41) is 3.45. The van der Waals surface area contributed by atoms with E-state index in [1.54, 1.807) is 24.3 Å². The van der Waals surface area contributed by atoms with Crippen molar-refractivity contribution in [2.45, 2.75) is 12.7 Å². The smallest absolute Gasteiger partial charge is 0.396 e. The van der Waals surface area contributed by atoms with Gasteiger partial charge in [-0.05, 0) is 23.8 Å². The number of hydrogen-bond acceptors (Lipinski definition) is 3. The number of halogens is 4. The molecule has 0 spiro atoms. The molecule has 3 nitrogen and oxygen atoms in total. The number of nitrogens with zero attached hydrogens (tertiary/aromatic N) is 1. The Morgan fingerprint density at radius 3 is 2.45 bits per heavy atom. The van der Waals surface area contributed by atoms with Crippen LogP contribution in [0.3, 0.4) is 0 Å². The van der Waals surface area contributed by atoms with Crippen LogP contribution in [0.5, 0.6) is 0 Å². The van der Waals surface area contributed by atoms with Crippen molar-refractivity contribution in [1.82, 2.24) is 4.98 Å². The molecule has 2 aromatic rings. The van der Waals surface area contributed by atoms with E-state index < -0.39 is 11.9 Å². The Morgan fingerprint density at radius 2 is 1.85 bits per heavy atom. The van der Waals surface area contributed by atoms with Gasteiger partial charge in [0.2, 0.25) is 0 Å². The molecular weight excluding hydrogens is 291 g/mol. The maximum absolute atomic E-state index is 12.6. The van der Waals surface area contributed by atoms with E-state index in [-0.39, 0.29) is 11.4 Å². The van der Waals surface area contributed by atoms with Crippen LogP contribution in [0, 0.1) is 0 Å². The minimum absolute atomic E-state index is 0.159. The minimum Gasteiger partial charge on any atom is -0.396 e. The highest BCUT2D eigenvalue weighted by molar-refractivity contribution is 6.30. The lowest BCUT2D eigenvalue weighted by atomic mass is 10.2. The lowest BCUT2D eigenvalue weighted by Gasteiger charge is -2.12. The fourth-order valence-electron chi connectivity index (χ4n) is 1.57. The van der Waals surface area contributed by atoms with Gasteiger partial charge in [-0.1, -0.05) is 23.7 Å². The summed E-state index contributed by atoms with van der Waals surface area (Å²) in [5.41, 5.74) is 5.86. The van der Waals surface area contributed by atoms with Gasteiger partial charge < -0.3 is 11.1 Å². The quantitative estimate of drug-likeness (QED) is 0.902. The third-order valence-electron chi connectivity index (χ3n) is 2.62. The molecule has 1 aromatic heterocycles. The monoisotopic (exact) mass is 301 g/mol. The topological polar surface area (TPSA) is 50.9 Å². The molecular formula is C13H11ClF3N3. The van der Waals surface area contributed by atoms with E-state index in [1.807, 2.05) is 0 Å². The van der Waals surface area contributed by atoms with E-state index in [9.17, 15) is 13.2 Å². The molecule has 0 saturated heterocycles.